The zero-order valence-electron chi connectivity index (χ0n) is 9.86. The van der Waals surface area contributed by atoms with Crippen LogP contribution in [0.4, 0.5) is 5.69 Å². The summed E-state index contributed by atoms with van der Waals surface area (Å²) < 4.78 is 6.57. The summed E-state index contributed by atoms with van der Waals surface area (Å²) >= 11 is 9.41. The SMILES string of the molecule is N#CCc1cc(Oc2ccc(Br)cc2Cl)ccc1N. The van der Waals surface area contributed by atoms with Crippen LogP contribution < -0.4 is 10.5 Å². The van der Waals surface area contributed by atoms with Gasteiger partial charge in [0, 0.05) is 10.2 Å². The van der Waals surface area contributed by atoms with E-state index in [9.17, 15) is 0 Å². The normalized spacial score (nSPS) is 9.95. The predicted octanol–water partition coefficient (Wildman–Crippen LogP) is 4.54. The van der Waals surface area contributed by atoms with E-state index in [0.29, 0.717) is 22.2 Å². The van der Waals surface area contributed by atoms with Crippen molar-refractivity contribution in [3.63, 3.8) is 0 Å². The lowest BCUT2D eigenvalue weighted by Crippen LogP contribution is -1.94. The molecule has 19 heavy (non-hydrogen) atoms. The standard InChI is InChI=1S/C14H10BrClN2O/c15-10-1-4-14(12(16)8-10)19-11-2-3-13(18)9(7-11)5-6-17/h1-4,7-8H,5,18H2. The minimum atomic E-state index is 0.247. The molecule has 0 aromatic heterocycles. The van der Waals surface area contributed by atoms with E-state index in [-0.39, 0.29) is 6.42 Å². The highest BCUT2D eigenvalue weighted by atomic mass is 79.9. The van der Waals surface area contributed by atoms with Gasteiger partial charge >= 0.3 is 0 Å². The molecule has 0 heterocycles. The Balaban J connectivity index is 2.28. The van der Waals surface area contributed by atoms with Gasteiger partial charge in [0.25, 0.3) is 0 Å². The Kier molecular flexibility index (Phi) is 4.31. The van der Waals surface area contributed by atoms with Crippen LogP contribution in [0.3, 0.4) is 0 Å². The summed E-state index contributed by atoms with van der Waals surface area (Å²) in [5.74, 6) is 1.15. The van der Waals surface area contributed by atoms with Crippen molar-refractivity contribution in [3.8, 4) is 17.6 Å². The molecule has 2 rings (SSSR count). The van der Waals surface area contributed by atoms with Gasteiger partial charge in [0.05, 0.1) is 17.5 Å². The lowest BCUT2D eigenvalue weighted by Gasteiger charge is -2.10. The number of nitrogens with two attached hydrogens (primary N) is 1. The van der Waals surface area contributed by atoms with E-state index < -0.39 is 0 Å². The second-order valence-corrected chi connectivity index (χ2v) is 5.20. The topological polar surface area (TPSA) is 59.0 Å². The summed E-state index contributed by atoms with van der Waals surface area (Å²) in [7, 11) is 0. The van der Waals surface area contributed by atoms with Crippen LogP contribution in [0.25, 0.3) is 0 Å². The molecule has 5 heteroatoms. The molecule has 0 radical (unpaired) electrons. The molecule has 96 valence electrons. The van der Waals surface area contributed by atoms with Gasteiger partial charge in [0.2, 0.25) is 0 Å². The first-order chi connectivity index (χ1) is 9.10. The lowest BCUT2D eigenvalue weighted by atomic mass is 10.1. The van der Waals surface area contributed by atoms with Gasteiger partial charge in [-0.05, 0) is 42.0 Å². The number of hydrogen-bond donors (Lipinski definition) is 1. The van der Waals surface area contributed by atoms with Crippen molar-refractivity contribution in [1.29, 1.82) is 5.26 Å². The van der Waals surface area contributed by atoms with E-state index in [0.717, 1.165) is 10.0 Å². The molecule has 0 bridgehead atoms. The summed E-state index contributed by atoms with van der Waals surface area (Å²) in [5, 5.41) is 9.23. The fourth-order valence-electron chi connectivity index (χ4n) is 1.57. The Hall–Kier alpha value is -1.70. The third-order valence-electron chi connectivity index (χ3n) is 2.51. The number of halogens is 2. The Morgan fingerprint density at radius 2 is 2.05 bits per heavy atom. The summed E-state index contributed by atoms with van der Waals surface area (Å²) in [6, 6.07) is 12.6. The molecule has 0 saturated heterocycles. The zero-order valence-corrected chi connectivity index (χ0v) is 12.2. The molecule has 0 aliphatic rings. The maximum atomic E-state index is 8.73. The molecule has 2 aromatic carbocycles. The van der Waals surface area contributed by atoms with Crippen molar-refractivity contribution < 1.29 is 4.74 Å². The van der Waals surface area contributed by atoms with Crippen LogP contribution in [-0.4, -0.2) is 0 Å². The first-order valence-corrected chi connectivity index (χ1v) is 6.65. The number of nitrogens with zero attached hydrogens (tertiary/aromatic N) is 1. The summed E-state index contributed by atoms with van der Waals surface area (Å²) in [4.78, 5) is 0. The van der Waals surface area contributed by atoms with Crippen LogP contribution in [0.1, 0.15) is 5.56 Å². The van der Waals surface area contributed by atoms with Gasteiger partial charge in [0.1, 0.15) is 11.5 Å². The van der Waals surface area contributed by atoms with E-state index in [2.05, 4.69) is 22.0 Å². The number of rotatable bonds is 3. The third-order valence-corrected chi connectivity index (χ3v) is 3.29. The highest BCUT2D eigenvalue weighted by Gasteiger charge is 2.06. The highest BCUT2D eigenvalue weighted by molar-refractivity contribution is 9.10. The van der Waals surface area contributed by atoms with Crippen LogP contribution in [0.2, 0.25) is 5.02 Å². The van der Waals surface area contributed by atoms with Gasteiger partial charge in [-0.15, -0.1) is 0 Å². The van der Waals surface area contributed by atoms with Gasteiger partial charge in [-0.1, -0.05) is 27.5 Å². The average Bonchev–Trinajstić information content (AvgIpc) is 2.37. The lowest BCUT2D eigenvalue weighted by molar-refractivity contribution is 0.482. The maximum absolute atomic E-state index is 8.73. The second-order valence-electron chi connectivity index (χ2n) is 3.87. The Bertz CT molecular complexity index is 652. The van der Waals surface area contributed by atoms with Crippen molar-refractivity contribution in [2.75, 3.05) is 5.73 Å². The minimum absolute atomic E-state index is 0.247. The fraction of sp³-hybridized carbons (Fsp3) is 0.0714. The number of anilines is 1. The van der Waals surface area contributed by atoms with Gasteiger partial charge in [-0.2, -0.15) is 5.26 Å². The highest BCUT2D eigenvalue weighted by Crippen LogP contribution is 2.32. The first kappa shape index (κ1) is 13.7. The average molecular weight is 338 g/mol. The van der Waals surface area contributed by atoms with Gasteiger partial charge in [-0.25, -0.2) is 0 Å². The van der Waals surface area contributed by atoms with Crippen LogP contribution in [-0.2, 0) is 6.42 Å². The molecule has 0 aliphatic carbocycles. The third kappa shape index (κ3) is 3.40. The quantitative estimate of drug-likeness (QED) is 0.836. The van der Waals surface area contributed by atoms with Crippen molar-refractivity contribution in [2.24, 2.45) is 0 Å². The van der Waals surface area contributed by atoms with E-state index in [1.54, 1.807) is 30.3 Å². The summed E-state index contributed by atoms with van der Waals surface area (Å²) in [5.41, 5.74) is 7.10. The van der Waals surface area contributed by atoms with E-state index >= 15 is 0 Å². The monoisotopic (exact) mass is 336 g/mol. The van der Waals surface area contributed by atoms with Crippen LogP contribution in [0.5, 0.6) is 11.5 Å². The molecule has 0 saturated carbocycles. The number of nitrogen functional groups attached to an aromatic ring is 1. The second kappa shape index (κ2) is 5.96. The number of nitriles is 1. The zero-order chi connectivity index (χ0) is 13.8. The summed E-state index contributed by atoms with van der Waals surface area (Å²) in [6.07, 6.45) is 0.247. The predicted molar refractivity (Wildman–Crippen MR) is 79.4 cm³/mol. The molecule has 0 amide bonds. The van der Waals surface area contributed by atoms with E-state index in [1.165, 1.54) is 0 Å². The molecule has 0 atom stereocenters. The molecule has 2 aromatic rings. The summed E-state index contributed by atoms with van der Waals surface area (Å²) in [6.45, 7) is 0. The van der Waals surface area contributed by atoms with Gasteiger partial charge < -0.3 is 10.5 Å². The molecule has 3 nitrogen and oxygen atoms in total. The maximum Gasteiger partial charge on any atom is 0.146 e. The molecule has 2 N–H and O–H groups in total. The van der Waals surface area contributed by atoms with Crippen LogP contribution in [0.15, 0.2) is 40.9 Å². The number of benzene rings is 2. The van der Waals surface area contributed by atoms with Crippen molar-refractivity contribution in [1.82, 2.24) is 0 Å². The van der Waals surface area contributed by atoms with Crippen molar-refractivity contribution in [3.05, 3.63) is 51.5 Å². The molecule has 0 unspecified atom stereocenters. The van der Waals surface area contributed by atoms with Crippen molar-refractivity contribution >= 4 is 33.2 Å². The van der Waals surface area contributed by atoms with Crippen LogP contribution >= 0.6 is 27.5 Å². The number of hydrogen-bond acceptors (Lipinski definition) is 3. The fourth-order valence-corrected chi connectivity index (χ4v) is 2.28. The molecule has 0 fully saturated rings. The molecular weight excluding hydrogens is 328 g/mol. The van der Waals surface area contributed by atoms with Gasteiger partial charge in [-0.3, -0.25) is 0 Å². The van der Waals surface area contributed by atoms with E-state index in [4.69, 9.17) is 27.3 Å². The minimum Gasteiger partial charge on any atom is -0.456 e. The Labute approximate surface area is 124 Å². The molecule has 0 spiro atoms. The van der Waals surface area contributed by atoms with Crippen molar-refractivity contribution in [2.45, 2.75) is 6.42 Å². The smallest absolute Gasteiger partial charge is 0.146 e. The Morgan fingerprint density at radius 3 is 2.74 bits per heavy atom. The van der Waals surface area contributed by atoms with E-state index in [1.807, 2.05) is 6.07 Å². The first-order valence-electron chi connectivity index (χ1n) is 5.48. The van der Waals surface area contributed by atoms with Crippen LogP contribution in [0, 0.1) is 11.3 Å². The largest absolute Gasteiger partial charge is 0.456 e. The molecule has 0 aliphatic heterocycles. The molecular formula is C14H10BrClN2O. The number of ether oxygens (including phenoxy) is 1. The van der Waals surface area contributed by atoms with Gasteiger partial charge in [0.15, 0.2) is 0 Å². The Morgan fingerprint density at radius 1 is 1.26 bits per heavy atom.